The standard InChI is InChI=1S/C44H56N2O5/c1-29(2)45-39(49)46(27-32-13-10-24-51-32)28-43(50)21-18-37-41(43,4)20-17-36-40(3)19-16-31(47)25-42(40)22-23-44(36,37)35(26-42)38(48)34-15-9-8-14-33(34)30-11-6-5-7-12-30/h5-9,11-12,14-15,22-23,26,29,31-32,36-37,47,50H,10,13,16-21,24-25,27-28H2,1-4H3,(H,45,49). The number of rotatable bonds is 8. The van der Waals surface area contributed by atoms with E-state index in [4.69, 9.17) is 4.74 Å². The fourth-order valence-electron chi connectivity index (χ4n) is 12.2. The third-order valence-electron chi connectivity index (χ3n) is 14.8. The zero-order valence-electron chi connectivity index (χ0n) is 30.9. The lowest BCUT2D eigenvalue weighted by atomic mass is 9.32. The maximum Gasteiger partial charge on any atom is 0.317 e. The molecule has 1 heterocycles. The molecule has 0 aromatic heterocycles. The number of nitrogens with one attached hydrogen (secondary N) is 1. The smallest absolute Gasteiger partial charge is 0.317 e. The molecule has 2 amide bonds. The molecule has 51 heavy (non-hydrogen) atoms. The minimum Gasteiger partial charge on any atom is -0.393 e. The molecule has 1 saturated heterocycles. The van der Waals surface area contributed by atoms with Crippen LogP contribution in [-0.2, 0) is 4.74 Å². The normalized spacial score (nSPS) is 39.2. The second kappa shape index (κ2) is 12.4. The average Bonchev–Trinajstić information content (AvgIpc) is 3.73. The Morgan fingerprint density at radius 2 is 1.63 bits per heavy atom. The van der Waals surface area contributed by atoms with Crippen LogP contribution in [-0.4, -0.2) is 70.5 Å². The van der Waals surface area contributed by atoms with Crippen molar-refractivity contribution in [2.75, 3.05) is 19.7 Å². The van der Waals surface area contributed by atoms with Crippen LogP contribution in [0.2, 0.25) is 0 Å². The van der Waals surface area contributed by atoms with Crippen LogP contribution in [0.25, 0.3) is 11.1 Å². The van der Waals surface area contributed by atoms with Crippen LogP contribution in [0, 0.1) is 33.5 Å². The Morgan fingerprint density at radius 1 is 0.922 bits per heavy atom. The first kappa shape index (κ1) is 34.8. The number of aliphatic hydroxyl groups excluding tert-OH is 1. The summed E-state index contributed by atoms with van der Waals surface area (Å²) in [5, 5.41) is 27.2. The van der Waals surface area contributed by atoms with Crippen molar-refractivity contribution in [3.05, 3.63) is 84.0 Å². The van der Waals surface area contributed by atoms with Crippen molar-refractivity contribution in [2.24, 2.45) is 33.5 Å². The van der Waals surface area contributed by atoms with E-state index in [2.05, 4.69) is 49.5 Å². The van der Waals surface area contributed by atoms with Crippen molar-refractivity contribution in [2.45, 2.75) is 109 Å². The van der Waals surface area contributed by atoms with Gasteiger partial charge >= 0.3 is 6.03 Å². The van der Waals surface area contributed by atoms with E-state index < -0.39 is 27.9 Å². The van der Waals surface area contributed by atoms with Crippen LogP contribution in [0.4, 0.5) is 4.79 Å². The summed E-state index contributed by atoms with van der Waals surface area (Å²) in [4.78, 5) is 30.9. The highest BCUT2D eigenvalue weighted by Gasteiger charge is 2.74. The molecule has 7 heteroatoms. The van der Waals surface area contributed by atoms with Gasteiger partial charge in [-0.25, -0.2) is 4.79 Å². The molecule has 7 nitrogen and oxygen atoms in total. The van der Waals surface area contributed by atoms with Crippen LogP contribution in [0.15, 0.2) is 78.4 Å². The summed E-state index contributed by atoms with van der Waals surface area (Å²) in [6.07, 6.45) is 13.8. The van der Waals surface area contributed by atoms with Crippen LogP contribution in [0.5, 0.6) is 0 Å². The molecule has 2 bridgehead atoms. The van der Waals surface area contributed by atoms with Gasteiger partial charge in [0.25, 0.3) is 0 Å². The predicted molar refractivity (Wildman–Crippen MR) is 199 cm³/mol. The van der Waals surface area contributed by atoms with Crippen LogP contribution in [0.3, 0.4) is 0 Å². The van der Waals surface area contributed by atoms with E-state index in [1.54, 1.807) is 0 Å². The van der Waals surface area contributed by atoms with Gasteiger partial charge in [-0.05, 0) is 100 Å². The number of hydrogen-bond donors (Lipinski definition) is 3. The predicted octanol–water partition coefficient (Wildman–Crippen LogP) is 7.73. The molecule has 2 spiro atoms. The van der Waals surface area contributed by atoms with E-state index in [1.165, 1.54) is 0 Å². The molecule has 9 rings (SSSR count). The highest BCUT2D eigenvalue weighted by Crippen LogP contribution is 2.78. The van der Waals surface area contributed by atoms with Crippen molar-refractivity contribution in [1.29, 1.82) is 0 Å². The Kier molecular flexibility index (Phi) is 8.47. The number of benzene rings is 2. The second-order valence-corrected chi connectivity index (χ2v) is 17.7. The SMILES string of the molecule is CC(C)NC(=O)N(CC1CCCO1)CC1(O)CCC2C34C=CC5(C=C3C(=O)c3ccccc3-c3ccccc3)CC(O)CCC5(C)C4CCC21C. The summed E-state index contributed by atoms with van der Waals surface area (Å²) < 4.78 is 5.99. The van der Waals surface area contributed by atoms with Crippen LogP contribution < -0.4 is 5.32 Å². The second-order valence-electron chi connectivity index (χ2n) is 17.7. The Labute approximate surface area is 303 Å². The van der Waals surface area contributed by atoms with Gasteiger partial charge < -0.3 is 25.2 Å². The highest BCUT2D eigenvalue weighted by atomic mass is 16.5. The summed E-state index contributed by atoms with van der Waals surface area (Å²) in [5.74, 6) is 0.257. The van der Waals surface area contributed by atoms with Gasteiger partial charge in [-0.15, -0.1) is 0 Å². The molecule has 2 aromatic rings. The van der Waals surface area contributed by atoms with Gasteiger partial charge in [-0.3, -0.25) is 4.79 Å². The fourth-order valence-corrected chi connectivity index (χ4v) is 12.2. The molecule has 3 N–H and O–H groups in total. The maximum absolute atomic E-state index is 15.4. The Balaban J connectivity index is 1.23. The Morgan fingerprint density at radius 3 is 2.37 bits per heavy atom. The van der Waals surface area contributed by atoms with E-state index in [1.807, 2.05) is 61.2 Å². The molecular formula is C44H56N2O5. The lowest BCUT2D eigenvalue weighted by Crippen LogP contribution is -2.67. The van der Waals surface area contributed by atoms with Gasteiger partial charge in [0.15, 0.2) is 5.78 Å². The maximum atomic E-state index is 15.4. The van der Waals surface area contributed by atoms with Gasteiger partial charge in [0, 0.05) is 46.6 Å². The van der Waals surface area contributed by atoms with E-state index in [9.17, 15) is 15.0 Å². The van der Waals surface area contributed by atoms with Gasteiger partial charge in [0.1, 0.15) is 0 Å². The van der Waals surface area contributed by atoms with Gasteiger partial charge in [-0.1, -0.05) is 86.7 Å². The summed E-state index contributed by atoms with van der Waals surface area (Å²) in [5.41, 5.74) is 0.716. The number of Topliss-reactive ketones (excluding diaryl/α,β-unsaturated/α-hetero) is 1. The summed E-state index contributed by atoms with van der Waals surface area (Å²) in [6.45, 7) is 10.00. The van der Waals surface area contributed by atoms with Crippen molar-refractivity contribution in [3.8, 4) is 11.1 Å². The molecule has 0 radical (unpaired) electrons. The zero-order chi connectivity index (χ0) is 35.8. The minimum absolute atomic E-state index is 0.00352. The van der Waals surface area contributed by atoms with E-state index in [0.717, 1.165) is 61.6 Å². The van der Waals surface area contributed by atoms with Crippen molar-refractivity contribution in [1.82, 2.24) is 10.2 Å². The number of urea groups is 1. The molecule has 7 aliphatic rings. The average molecular weight is 693 g/mol. The topological polar surface area (TPSA) is 99.1 Å². The largest absolute Gasteiger partial charge is 0.393 e. The van der Waals surface area contributed by atoms with Crippen LogP contribution in [0.1, 0.15) is 95.8 Å². The number of ketones is 1. The van der Waals surface area contributed by atoms with Gasteiger partial charge in [0.2, 0.25) is 0 Å². The number of ether oxygens (including phenoxy) is 1. The Bertz CT molecular complexity index is 1750. The quantitative estimate of drug-likeness (QED) is 0.194. The number of allylic oxidation sites excluding steroid dienone is 4. The minimum atomic E-state index is -1.14. The van der Waals surface area contributed by atoms with Crippen molar-refractivity contribution in [3.63, 3.8) is 0 Å². The van der Waals surface area contributed by atoms with E-state index >= 15 is 4.79 Å². The van der Waals surface area contributed by atoms with Gasteiger partial charge in [0.05, 0.1) is 24.4 Å². The number of amides is 2. The van der Waals surface area contributed by atoms with Crippen LogP contribution >= 0.6 is 0 Å². The lowest BCUT2D eigenvalue weighted by Gasteiger charge is -2.71. The number of aliphatic hydroxyl groups is 2. The molecule has 9 atom stereocenters. The molecule has 2 aromatic carbocycles. The lowest BCUT2D eigenvalue weighted by molar-refractivity contribution is -0.175. The third-order valence-corrected chi connectivity index (χ3v) is 14.8. The summed E-state index contributed by atoms with van der Waals surface area (Å²) in [7, 11) is 0. The molecule has 6 aliphatic carbocycles. The first-order valence-electron chi connectivity index (χ1n) is 19.6. The zero-order valence-corrected chi connectivity index (χ0v) is 30.9. The molecule has 9 unspecified atom stereocenters. The monoisotopic (exact) mass is 692 g/mol. The fraction of sp³-hybridized carbons (Fsp3) is 0.591. The van der Waals surface area contributed by atoms with Gasteiger partial charge in [-0.2, -0.15) is 0 Å². The first-order valence-corrected chi connectivity index (χ1v) is 19.6. The number of carbonyl (C=O) groups excluding carboxylic acids is 2. The third kappa shape index (κ3) is 5.15. The molecular weight excluding hydrogens is 636 g/mol. The summed E-state index contributed by atoms with van der Waals surface area (Å²) in [6, 6.07) is 18.0. The Hall–Kier alpha value is -3.26. The number of fused-ring (bicyclic) bond motifs is 1. The van der Waals surface area contributed by atoms with Crippen molar-refractivity contribution >= 4 is 11.8 Å². The first-order chi connectivity index (χ1) is 24.4. The molecule has 4 fully saturated rings. The highest BCUT2D eigenvalue weighted by molar-refractivity contribution is 6.14. The van der Waals surface area contributed by atoms with Crippen molar-refractivity contribution < 1.29 is 24.5 Å². The number of carbonyl (C=O) groups is 2. The van der Waals surface area contributed by atoms with E-state index in [-0.39, 0.29) is 47.8 Å². The van der Waals surface area contributed by atoms with E-state index in [0.29, 0.717) is 31.6 Å². The molecule has 3 saturated carbocycles. The molecule has 1 aliphatic heterocycles. The summed E-state index contributed by atoms with van der Waals surface area (Å²) >= 11 is 0. The number of nitrogens with zero attached hydrogens (tertiary/aromatic N) is 1. The molecule has 272 valence electrons. The number of hydrogen-bond acceptors (Lipinski definition) is 5.